The summed E-state index contributed by atoms with van der Waals surface area (Å²) < 4.78 is 52.2. The summed E-state index contributed by atoms with van der Waals surface area (Å²) >= 11 is 0. The summed E-state index contributed by atoms with van der Waals surface area (Å²) in [6, 6.07) is 7.95. The Hall–Kier alpha value is -2.52. The van der Waals surface area contributed by atoms with Gasteiger partial charge >= 0.3 is 5.97 Å². The summed E-state index contributed by atoms with van der Waals surface area (Å²) in [7, 11) is -2.34. The van der Waals surface area contributed by atoms with Crippen molar-refractivity contribution in [2.24, 2.45) is 11.8 Å². The first-order valence-electron chi connectivity index (χ1n) is 11.1. The molecule has 0 N–H and O–H groups in total. The van der Waals surface area contributed by atoms with Gasteiger partial charge in [0.15, 0.2) is 0 Å². The van der Waals surface area contributed by atoms with Crippen LogP contribution in [-0.2, 0) is 19.6 Å². The topological polar surface area (TPSA) is 85.8 Å². The van der Waals surface area contributed by atoms with E-state index in [1.165, 1.54) is 23.5 Å². The van der Waals surface area contributed by atoms with Crippen molar-refractivity contribution in [1.29, 1.82) is 0 Å². The molecule has 0 spiro atoms. The number of halogens is 1. The molecule has 1 aromatic carbocycles. The average Bonchev–Trinajstić information content (AvgIpc) is 2.79. The lowest BCUT2D eigenvalue weighted by molar-refractivity contribution is -0.145. The van der Waals surface area contributed by atoms with Crippen molar-refractivity contribution < 1.29 is 27.1 Å². The van der Waals surface area contributed by atoms with Gasteiger partial charge in [0.1, 0.15) is 17.7 Å². The molecule has 180 valence electrons. The SMILES string of the molecule is COC(=O)C(CC(C)C)CS(=O)(=O)N1CCC(Oc2ccc(F)cc2-c2cccnc2)CC1. The Morgan fingerprint density at radius 2 is 1.97 bits per heavy atom. The maximum Gasteiger partial charge on any atom is 0.309 e. The molecule has 9 heteroatoms. The smallest absolute Gasteiger partial charge is 0.309 e. The molecule has 0 bridgehead atoms. The Balaban J connectivity index is 1.65. The van der Waals surface area contributed by atoms with E-state index >= 15 is 0 Å². The standard InChI is InChI=1S/C24H31FN2O5S/c1-17(2)13-19(24(28)31-3)16-33(29,30)27-11-8-21(9-12-27)32-23-7-6-20(25)14-22(23)18-5-4-10-26-15-18/h4-7,10,14-15,17,19,21H,8-9,11-13,16H2,1-3H3. The minimum absolute atomic E-state index is 0.174. The quantitative estimate of drug-likeness (QED) is 0.508. The van der Waals surface area contributed by atoms with Crippen LogP contribution < -0.4 is 4.74 Å². The monoisotopic (exact) mass is 478 g/mol. The maximum absolute atomic E-state index is 13.9. The number of hydrogen-bond acceptors (Lipinski definition) is 6. The highest BCUT2D eigenvalue weighted by Gasteiger charge is 2.34. The third-order valence-electron chi connectivity index (χ3n) is 5.70. The minimum atomic E-state index is -3.62. The average molecular weight is 479 g/mol. The number of nitrogens with zero attached hydrogens (tertiary/aromatic N) is 2. The van der Waals surface area contributed by atoms with Crippen LogP contribution in [0.3, 0.4) is 0 Å². The molecule has 2 aromatic rings. The van der Waals surface area contributed by atoms with Crippen molar-refractivity contribution in [3.63, 3.8) is 0 Å². The number of pyridine rings is 1. The zero-order chi connectivity index (χ0) is 24.0. The molecule has 1 unspecified atom stereocenters. The second-order valence-corrected chi connectivity index (χ2v) is 10.7. The molecule has 0 amide bonds. The van der Waals surface area contributed by atoms with Crippen LogP contribution in [0.5, 0.6) is 5.75 Å². The molecule has 0 saturated carbocycles. The van der Waals surface area contributed by atoms with Gasteiger partial charge in [-0.3, -0.25) is 9.78 Å². The van der Waals surface area contributed by atoms with Gasteiger partial charge in [-0.2, -0.15) is 0 Å². The second kappa shape index (κ2) is 11.1. The van der Waals surface area contributed by atoms with Crippen LogP contribution in [0, 0.1) is 17.7 Å². The number of hydrogen-bond donors (Lipinski definition) is 0. The lowest BCUT2D eigenvalue weighted by Gasteiger charge is -2.32. The zero-order valence-corrected chi connectivity index (χ0v) is 20.1. The minimum Gasteiger partial charge on any atom is -0.490 e. The molecule has 1 atom stereocenters. The Bertz CT molecular complexity index is 1040. The molecule has 0 aliphatic carbocycles. The van der Waals surface area contributed by atoms with E-state index in [4.69, 9.17) is 9.47 Å². The molecular formula is C24H31FN2O5S. The van der Waals surface area contributed by atoms with Crippen LogP contribution in [0.15, 0.2) is 42.7 Å². The number of esters is 1. The first-order chi connectivity index (χ1) is 15.7. The van der Waals surface area contributed by atoms with Crippen LogP contribution in [0.25, 0.3) is 11.1 Å². The van der Waals surface area contributed by atoms with Gasteiger partial charge < -0.3 is 9.47 Å². The predicted octanol–water partition coefficient (Wildman–Crippen LogP) is 3.90. The van der Waals surface area contributed by atoms with Crippen molar-refractivity contribution in [3.05, 3.63) is 48.5 Å². The molecule has 1 aliphatic rings. The molecule has 1 fully saturated rings. The predicted molar refractivity (Wildman–Crippen MR) is 124 cm³/mol. The number of methoxy groups -OCH3 is 1. The number of carbonyl (C=O) groups is 1. The molecule has 2 heterocycles. The van der Waals surface area contributed by atoms with Crippen molar-refractivity contribution in [1.82, 2.24) is 9.29 Å². The van der Waals surface area contributed by atoms with E-state index < -0.39 is 21.9 Å². The number of carbonyl (C=O) groups excluding carboxylic acids is 1. The third kappa shape index (κ3) is 6.74. The van der Waals surface area contributed by atoms with E-state index in [-0.39, 0.29) is 23.6 Å². The fourth-order valence-electron chi connectivity index (χ4n) is 4.09. The number of benzene rings is 1. The van der Waals surface area contributed by atoms with Gasteiger partial charge in [0.2, 0.25) is 10.0 Å². The Labute approximate surface area is 195 Å². The fraction of sp³-hybridized carbons (Fsp3) is 0.500. The van der Waals surface area contributed by atoms with E-state index in [0.717, 1.165) is 5.56 Å². The number of rotatable bonds is 9. The Kier molecular flexibility index (Phi) is 8.42. The van der Waals surface area contributed by atoms with Crippen LogP contribution in [0.4, 0.5) is 4.39 Å². The van der Waals surface area contributed by atoms with Gasteiger partial charge in [0.25, 0.3) is 0 Å². The molecule has 1 aliphatic heterocycles. The molecule has 0 radical (unpaired) electrons. The summed E-state index contributed by atoms with van der Waals surface area (Å²) in [6.45, 7) is 4.49. The van der Waals surface area contributed by atoms with Gasteiger partial charge in [0.05, 0.1) is 18.8 Å². The highest BCUT2D eigenvalue weighted by Crippen LogP contribution is 2.32. The van der Waals surface area contributed by atoms with Gasteiger partial charge in [0, 0.05) is 36.6 Å². The van der Waals surface area contributed by atoms with E-state index in [0.29, 0.717) is 43.7 Å². The molecular weight excluding hydrogens is 447 g/mol. The van der Waals surface area contributed by atoms with Crippen molar-refractivity contribution in [3.8, 4) is 16.9 Å². The summed E-state index contributed by atoms with van der Waals surface area (Å²) in [5.74, 6) is -1.10. The van der Waals surface area contributed by atoms with E-state index in [1.807, 2.05) is 19.9 Å². The highest BCUT2D eigenvalue weighted by molar-refractivity contribution is 7.89. The normalized spacial score (nSPS) is 16.5. The number of sulfonamides is 1. The lowest BCUT2D eigenvalue weighted by atomic mass is 9.99. The van der Waals surface area contributed by atoms with E-state index in [2.05, 4.69) is 4.98 Å². The van der Waals surface area contributed by atoms with Crippen LogP contribution in [0.2, 0.25) is 0 Å². The maximum atomic E-state index is 13.9. The van der Waals surface area contributed by atoms with Crippen molar-refractivity contribution in [2.75, 3.05) is 26.0 Å². The largest absolute Gasteiger partial charge is 0.490 e. The summed E-state index contributed by atoms with van der Waals surface area (Å²) in [5.41, 5.74) is 1.35. The summed E-state index contributed by atoms with van der Waals surface area (Å²) in [6.07, 6.45) is 4.53. The molecule has 1 aromatic heterocycles. The van der Waals surface area contributed by atoms with Gasteiger partial charge in [-0.05, 0) is 49.4 Å². The molecule has 3 rings (SSSR count). The van der Waals surface area contributed by atoms with Crippen molar-refractivity contribution in [2.45, 2.75) is 39.2 Å². The van der Waals surface area contributed by atoms with Gasteiger partial charge in [-0.25, -0.2) is 17.1 Å². The lowest BCUT2D eigenvalue weighted by Crippen LogP contribution is -2.44. The van der Waals surface area contributed by atoms with Gasteiger partial charge in [-0.1, -0.05) is 19.9 Å². The summed E-state index contributed by atoms with van der Waals surface area (Å²) in [5, 5.41) is 0. The highest BCUT2D eigenvalue weighted by atomic mass is 32.2. The first kappa shape index (κ1) is 25.1. The first-order valence-corrected chi connectivity index (χ1v) is 12.7. The van der Waals surface area contributed by atoms with Gasteiger partial charge in [-0.15, -0.1) is 0 Å². The number of ether oxygens (including phenoxy) is 2. The number of aromatic nitrogens is 1. The molecule has 1 saturated heterocycles. The van der Waals surface area contributed by atoms with E-state index in [1.54, 1.807) is 24.5 Å². The molecule has 33 heavy (non-hydrogen) atoms. The zero-order valence-electron chi connectivity index (χ0n) is 19.2. The fourth-order valence-corrected chi connectivity index (χ4v) is 5.85. The van der Waals surface area contributed by atoms with Crippen LogP contribution in [0.1, 0.15) is 33.1 Å². The van der Waals surface area contributed by atoms with Crippen LogP contribution >= 0.6 is 0 Å². The molecule has 7 nitrogen and oxygen atoms in total. The third-order valence-corrected chi connectivity index (χ3v) is 7.68. The van der Waals surface area contributed by atoms with Crippen LogP contribution in [-0.4, -0.2) is 55.7 Å². The van der Waals surface area contributed by atoms with E-state index in [9.17, 15) is 17.6 Å². The Morgan fingerprint density at radius 3 is 2.58 bits per heavy atom. The van der Waals surface area contributed by atoms with Crippen molar-refractivity contribution >= 4 is 16.0 Å². The second-order valence-electron chi connectivity index (χ2n) is 8.73. The number of piperidine rings is 1. The summed E-state index contributed by atoms with van der Waals surface area (Å²) in [4.78, 5) is 16.2. The Morgan fingerprint density at radius 1 is 1.24 bits per heavy atom.